The van der Waals surface area contributed by atoms with Gasteiger partial charge in [0.2, 0.25) is 0 Å². The standard InChI is InChI=1S/C16H15NO2/c1-10-15(19-10)9-18-14-8-4-7-13-16(14)11-5-2-3-6-12(11)17-13/h2-8,10,15,17H,9H2,1H3. The van der Waals surface area contributed by atoms with Gasteiger partial charge in [0, 0.05) is 16.3 Å². The van der Waals surface area contributed by atoms with Gasteiger partial charge >= 0.3 is 0 Å². The molecular weight excluding hydrogens is 238 g/mol. The topological polar surface area (TPSA) is 37.5 Å². The lowest BCUT2D eigenvalue weighted by molar-refractivity contribution is 0.263. The molecule has 2 unspecified atom stereocenters. The summed E-state index contributed by atoms with van der Waals surface area (Å²) in [7, 11) is 0. The largest absolute Gasteiger partial charge is 0.490 e. The lowest BCUT2D eigenvalue weighted by Gasteiger charge is -2.06. The molecule has 0 aliphatic carbocycles. The van der Waals surface area contributed by atoms with Gasteiger partial charge in [0.1, 0.15) is 18.5 Å². The molecule has 2 atom stereocenters. The molecule has 1 aliphatic heterocycles. The van der Waals surface area contributed by atoms with Crippen LogP contribution in [0.15, 0.2) is 42.5 Å². The van der Waals surface area contributed by atoms with E-state index in [9.17, 15) is 0 Å². The van der Waals surface area contributed by atoms with E-state index in [1.54, 1.807) is 0 Å². The fourth-order valence-electron chi connectivity index (χ4n) is 2.57. The molecule has 2 aromatic carbocycles. The second-order valence-corrected chi connectivity index (χ2v) is 5.04. The van der Waals surface area contributed by atoms with Crippen molar-refractivity contribution in [1.82, 2.24) is 4.98 Å². The lowest BCUT2D eigenvalue weighted by atomic mass is 10.1. The first kappa shape index (κ1) is 10.9. The number of hydrogen-bond acceptors (Lipinski definition) is 2. The molecule has 3 nitrogen and oxygen atoms in total. The van der Waals surface area contributed by atoms with E-state index in [2.05, 4.69) is 36.2 Å². The highest BCUT2D eigenvalue weighted by molar-refractivity contribution is 6.10. The van der Waals surface area contributed by atoms with Gasteiger partial charge in [-0.2, -0.15) is 0 Å². The Morgan fingerprint density at radius 1 is 1.11 bits per heavy atom. The Balaban J connectivity index is 1.80. The molecule has 4 rings (SSSR count). The van der Waals surface area contributed by atoms with Gasteiger partial charge in [-0.3, -0.25) is 0 Å². The molecule has 1 saturated heterocycles. The minimum absolute atomic E-state index is 0.250. The second kappa shape index (κ2) is 4.00. The van der Waals surface area contributed by atoms with Crippen LogP contribution in [-0.2, 0) is 4.74 Å². The third-order valence-electron chi connectivity index (χ3n) is 3.73. The fourth-order valence-corrected chi connectivity index (χ4v) is 2.57. The van der Waals surface area contributed by atoms with E-state index in [0.29, 0.717) is 12.7 Å². The van der Waals surface area contributed by atoms with Gasteiger partial charge < -0.3 is 14.5 Å². The molecule has 3 heteroatoms. The number of hydrogen-bond donors (Lipinski definition) is 1. The monoisotopic (exact) mass is 253 g/mol. The summed E-state index contributed by atoms with van der Waals surface area (Å²) in [6.45, 7) is 2.69. The molecule has 1 fully saturated rings. The number of nitrogens with one attached hydrogen (secondary N) is 1. The van der Waals surface area contributed by atoms with Crippen molar-refractivity contribution in [1.29, 1.82) is 0 Å². The summed E-state index contributed by atoms with van der Waals surface area (Å²) in [5.41, 5.74) is 2.26. The number of benzene rings is 2. The van der Waals surface area contributed by atoms with Crippen LogP contribution in [0.5, 0.6) is 5.75 Å². The summed E-state index contributed by atoms with van der Waals surface area (Å²) in [5, 5.41) is 2.37. The number of rotatable bonds is 3. The number of aromatic amines is 1. The second-order valence-electron chi connectivity index (χ2n) is 5.04. The highest BCUT2D eigenvalue weighted by Crippen LogP contribution is 2.33. The summed E-state index contributed by atoms with van der Waals surface area (Å²) < 4.78 is 11.3. The Morgan fingerprint density at radius 3 is 2.74 bits per heavy atom. The number of H-pyrrole nitrogens is 1. The van der Waals surface area contributed by atoms with Crippen LogP contribution < -0.4 is 4.74 Å². The van der Waals surface area contributed by atoms with Crippen molar-refractivity contribution in [3.8, 4) is 5.75 Å². The first-order valence-electron chi connectivity index (χ1n) is 6.60. The van der Waals surface area contributed by atoms with E-state index >= 15 is 0 Å². The van der Waals surface area contributed by atoms with Gasteiger partial charge in [-0.15, -0.1) is 0 Å². The molecule has 0 radical (unpaired) electrons. The average Bonchev–Trinajstić information content (AvgIpc) is 3.00. The summed E-state index contributed by atoms with van der Waals surface area (Å²) in [6.07, 6.45) is 0.586. The van der Waals surface area contributed by atoms with Crippen molar-refractivity contribution < 1.29 is 9.47 Å². The van der Waals surface area contributed by atoms with E-state index in [4.69, 9.17) is 9.47 Å². The Bertz CT molecular complexity index is 747. The zero-order valence-electron chi connectivity index (χ0n) is 10.7. The van der Waals surface area contributed by atoms with Crippen LogP contribution in [0, 0.1) is 0 Å². The zero-order valence-corrected chi connectivity index (χ0v) is 10.7. The quantitative estimate of drug-likeness (QED) is 0.725. The maximum Gasteiger partial charge on any atom is 0.129 e. The van der Waals surface area contributed by atoms with E-state index in [1.807, 2.05) is 18.2 Å². The van der Waals surface area contributed by atoms with Crippen molar-refractivity contribution in [2.75, 3.05) is 6.61 Å². The van der Waals surface area contributed by atoms with E-state index < -0.39 is 0 Å². The van der Waals surface area contributed by atoms with E-state index in [0.717, 1.165) is 22.2 Å². The highest BCUT2D eigenvalue weighted by Gasteiger charge is 2.34. The molecular formula is C16H15NO2. The average molecular weight is 253 g/mol. The smallest absolute Gasteiger partial charge is 0.129 e. The molecule has 0 spiro atoms. The van der Waals surface area contributed by atoms with Gasteiger partial charge in [-0.25, -0.2) is 0 Å². The Morgan fingerprint density at radius 2 is 1.89 bits per heavy atom. The molecule has 0 bridgehead atoms. The molecule has 3 aromatic rings. The third kappa shape index (κ3) is 1.78. The molecule has 1 aromatic heterocycles. The number of fused-ring (bicyclic) bond motifs is 3. The van der Waals surface area contributed by atoms with Gasteiger partial charge in [0.05, 0.1) is 11.6 Å². The molecule has 2 heterocycles. The van der Waals surface area contributed by atoms with Crippen LogP contribution in [0.25, 0.3) is 21.8 Å². The van der Waals surface area contributed by atoms with Crippen LogP contribution in [0.4, 0.5) is 0 Å². The van der Waals surface area contributed by atoms with Crippen molar-refractivity contribution in [3.05, 3.63) is 42.5 Å². The van der Waals surface area contributed by atoms with Gasteiger partial charge in [-0.05, 0) is 25.1 Å². The van der Waals surface area contributed by atoms with Gasteiger partial charge in [-0.1, -0.05) is 24.3 Å². The van der Waals surface area contributed by atoms with Gasteiger partial charge in [0.25, 0.3) is 0 Å². The van der Waals surface area contributed by atoms with Crippen LogP contribution in [-0.4, -0.2) is 23.8 Å². The first-order valence-corrected chi connectivity index (χ1v) is 6.60. The Kier molecular flexibility index (Phi) is 2.29. The minimum Gasteiger partial charge on any atom is -0.490 e. The molecule has 96 valence electrons. The van der Waals surface area contributed by atoms with Crippen LogP contribution in [0.2, 0.25) is 0 Å². The molecule has 1 N–H and O–H groups in total. The normalized spacial score (nSPS) is 21.9. The molecule has 19 heavy (non-hydrogen) atoms. The van der Waals surface area contributed by atoms with Crippen molar-refractivity contribution in [3.63, 3.8) is 0 Å². The lowest BCUT2D eigenvalue weighted by Crippen LogP contribution is -2.06. The maximum atomic E-state index is 5.94. The van der Waals surface area contributed by atoms with Gasteiger partial charge in [0.15, 0.2) is 0 Å². The molecule has 0 saturated carbocycles. The molecule has 0 amide bonds. The predicted octanol–water partition coefficient (Wildman–Crippen LogP) is 3.49. The zero-order chi connectivity index (χ0) is 12.8. The third-order valence-corrected chi connectivity index (χ3v) is 3.73. The predicted molar refractivity (Wildman–Crippen MR) is 75.6 cm³/mol. The van der Waals surface area contributed by atoms with Crippen molar-refractivity contribution >= 4 is 21.8 Å². The number of para-hydroxylation sites is 1. The number of ether oxygens (including phenoxy) is 2. The fraction of sp³-hybridized carbons (Fsp3) is 0.250. The first-order chi connectivity index (χ1) is 9.33. The van der Waals surface area contributed by atoms with Crippen molar-refractivity contribution in [2.24, 2.45) is 0 Å². The van der Waals surface area contributed by atoms with E-state index in [-0.39, 0.29) is 6.10 Å². The van der Waals surface area contributed by atoms with Crippen LogP contribution >= 0.6 is 0 Å². The highest BCUT2D eigenvalue weighted by atomic mass is 16.6. The summed E-state index contributed by atoms with van der Waals surface area (Å²) in [5.74, 6) is 0.928. The number of epoxide rings is 1. The minimum atomic E-state index is 0.250. The summed E-state index contributed by atoms with van der Waals surface area (Å²) in [6, 6.07) is 14.4. The maximum absolute atomic E-state index is 5.94. The number of aromatic nitrogens is 1. The van der Waals surface area contributed by atoms with E-state index in [1.165, 1.54) is 5.39 Å². The van der Waals surface area contributed by atoms with Crippen LogP contribution in [0.1, 0.15) is 6.92 Å². The van der Waals surface area contributed by atoms with Crippen molar-refractivity contribution in [2.45, 2.75) is 19.1 Å². The Hall–Kier alpha value is -2.00. The van der Waals surface area contributed by atoms with Crippen LogP contribution in [0.3, 0.4) is 0 Å². The Labute approximate surface area is 111 Å². The molecule has 1 aliphatic rings. The SMILES string of the molecule is CC1OC1COc1cccc2[nH]c3ccccc3c12. The summed E-state index contributed by atoms with van der Waals surface area (Å²) >= 11 is 0. The summed E-state index contributed by atoms with van der Waals surface area (Å²) in [4.78, 5) is 3.42.